The first kappa shape index (κ1) is 25.4. The van der Waals surface area contributed by atoms with Crippen LogP contribution in [-0.2, 0) is 32.1 Å². The summed E-state index contributed by atoms with van der Waals surface area (Å²) in [5.41, 5.74) is 1.32. The second-order valence-corrected chi connectivity index (χ2v) is 12.3. The van der Waals surface area contributed by atoms with Crippen LogP contribution in [0.2, 0.25) is 0 Å². The van der Waals surface area contributed by atoms with E-state index in [1.165, 1.54) is 10.4 Å². The van der Waals surface area contributed by atoms with Gasteiger partial charge in [-0.15, -0.1) is 0 Å². The number of sulfonamides is 1. The minimum atomic E-state index is -3.72. The van der Waals surface area contributed by atoms with Gasteiger partial charge in [-0.1, -0.05) is 33.8 Å². The van der Waals surface area contributed by atoms with Crippen LogP contribution in [0, 0.1) is 0 Å². The fraction of sp³-hybridized carbons (Fsp3) is 0.583. The number of hydrogen-bond acceptors (Lipinski definition) is 5. The van der Waals surface area contributed by atoms with Crippen LogP contribution in [0.1, 0.15) is 70.1 Å². The quantitative estimate of drug-likeness (QED) is 0.709. The van der Waals surface area contributed by atoms with Gasteiger partial charge >= 0.3 is 0 Å². The zero-order valence-electron chi connectivity index (χ0n) is 20.7. The van der Waals surface area contributed by atoms with Gasteiger partial charge in [0.15, 0.2) is 0 Å². The molecule has 0 unspecified atom stereocenters. The highest BCUT2D eigenvalue weighted by Crippen LogP contribution is 2.29. The molecule has 1 amide bonds. The van der Waals surface area contributed by atoms with Gasteiger partial charge in [-0.3, -0.25) is 4.79 Å². The van der Waals surface area contributed by atoms with Gasteiger partial charge in [0.05, 0.1) is 29.3 Å². The Kier molecular flexibility index (Phi) is 7.07. The zero-order valence-corrected chi connectivity index (χ0v) is 21.5. The summed E-state index contributed by atoms with van der Waals surface area (Å²) < 4.78 is 35.2. The van der Waals surface area contributed by atoms with Crippen molar-refractivity contribution in [2.75, 3.05) is 31.6 Å². The van der Waals surface area contributed by atoms with Crippen molar-refractivity contribution in [1.82, 2.24) is 14.1 Å². The number of ether oxygens (including phenoxy) is 1. The van der Waals surface area contributed by atoms with Gasteiger partial charge in [0.1, 0.15) is 5.82 Å². The monoisotopic (exact) mass is 476 g/mol. The molecule has 8 nitrogen and oxygen atoms in total. The van der Waals surface area contributed by atoms with E-state index >= 15 is 0 Å². The fourth-order valence-electron chi connectivity index (χ4n) is 3.69. The molecule has 0 radical (unpaired) electrons. The number of carbonyl (C=O) groups is 1. The minimum Gasteiger partial charge on any atom is -0.379 e. The van der Waals surface area contributed by atoms with Crippen molar-refractivity contribution in [3.05, 3.63) is 41.1 Å². The molecule has 0 atom stereocenters. The van der Waals surface area contributed by atoms with Gasteiger partial charge in [-0.25, -0.2) is 13.1 Å². The van der Waals surface area contributed by atoms with E-state index in [0.29, 0.717) is 44.1 Å². The smallest absolute Gasteiger partial charge is 0.256 e. The molecule has 0 saturated carbocycles. The molecule has 1 aliphatic heterocycles. The average molecular weight is 477 g/mol. The van der Waals surface area contributed by atoms with E-state index in [2.05, 4.69) is 26.1 Å². The van der Waals surface area contributed by atoms with Crippen molar-refractivity contribution in [2.45, 2.75) is 70.7 Å². The maximum atomic E-state index is 13.3. The number of nitrogens with one attached hydrogen (secondary N) is 1. The van der Waals surface area contributed by atoms with Crippen molar-refractivity contribution in [1.29, 1.82) is 0 Å². The SMILES string of the molecule is CCc1ccc(C(=O)Nc2cc(C(C)(C)C)nn2C(C)(C)C)cc1S(=O)(=O)N1CCOCC1. The molecular weight excluding hydrogens is 440 g/mol. The molecule has 1 aromatic carbocycles. The van der Waals surface area contributed by atoms with Gasteiger partial charge in [0.25, 0.3) is 5.91 Å². The first-order valence-corrected chi connectivity index (χ1v) is 12.8. The number of carbonyl (C=O) groups excluding carboxylic acids is 1. The summed E-state index contributed by atoms with van der Waals surface area (Å²) in [5, 5.41) is 7.69. The molecule has 182 valence electrons. The van der Waals surface area contributed by atoms with E-state index in [-0.39, 0.29) is 27.3 Å². The van der Waals surface area contributed by atoms with Crippen LogP contribution in [0.25, 0.3) is 0 Å². The highest BCUT2D eigenvalue weighted by Gasteiger charge is 2.30. The largest absolute Gasteiger partial charge is 0.379 e. The molecule has 0 aliphatic carbocycles. The van der Waals surface area contributed by atoms with Gasteiger partial charge in [0.2, 0.25) is 10.0 Å². The van der Waals surface area contributed by atoms with Crippen LogP contribution in [0.3, 0.4) is 0 Å². The van der Waals surface area contributed by atoms with Crippen molar-refractivity contribution in [3.63, 3.8) is 0 Å². The standard InChI is InChI=1S/C24H36N4O4S/c1-8-17-9-10-18(15-19(17)33(30,31)27-11-13-32-14-12-27)22(29)25-21-16-20(23(2,3)4)26-28(21)24(5,6)7/h9-10,15-16H,8,11-14H2,1-7H3,(H,25,29). The lowest BCUT2D eigenvalue weighted by Gasteiger charge is -2.27. The number of anilines is 1. The number of hydrogen-bond donors (Lipinski definition) is 1. The Morgan fingerprint density at radius 1 is 1.09 bits per heavy atom. The maximum Gasteiger partial charge on any atom is 0.256 e. The Balaban J connectivity index is 1.98. The number of aryl methyl sites for hydroxylation is 1. The lowest BCUT2D eigenvalue weighted by atomic mass is 9.92. The normalized spacial score (nSPS) is 16.1. The van der Waals surface area contributed by atoms with Crippen molar-refractivity contribution in [3.8, 4) is 0 Å². The molecule has 1 N–H and O–H groups in total. The molecule has 0 spiro atoms. The fourth-order valence-corrected chi connectivity index (χ4v) is 5.42. The summed E-state index contributed by atoms with van der Waals surface area (Å²) in [4.78, 5) is 13.4. The lowest BCUT2D eigenvalue weighted by molar-refractivity contribution is 0.0730. The Bertz CT molecular complexity index is 1120. The van der Waals surface area contributed by atoms with Crippen LogP contribution in [0.4, 0.5) is 5.82 Å². The lowest BCUT2D eigenvalue weighted by Crippen LogP contribution is -2.41. The highest BCUT2D eigenvalue weighted by molar-refractivity contribution is 7.89. The first-order chi connectivity index (χ1) is 15.2. The van der Waals surface area contributed by atoms with Crippen LogP contribution < -0.4 is 5.32 Å². The molecule has 1 saturated heterocycles. The molecule has 3 rings (SSSR count). The number of nitrogens with zero attached hydrogens (tertiary/aromatic N) is 3. The number of morpholine rings is 1. The third kappa shape index (κ3) is 5.47. The van der Waals surface area contributed by atoms with Gasteiger partial charge in [-0.2, -0.15) is 9.40 Å². The summed E-state index contributed by atoms with van der Waals surface area (Å²) in [6.07, 6.45) is 0.548. The van der Waals surface area contributed by atoms with Crippen LogP contribution in [-0.4, -0.2) is 54.7 Å². The predicted molar refractivity (Wildman–Crippen MR) is 129 cm³/mol. The topological polar surface area (TPSA) is 93.5 Å². The molecule has 9 heteroatoms. The Hall–Kier alpha value is -2.23. The molecule has 2 heterocycles. The third-order valence-corrected chi connectivity index (χ3v) is 7.63. The number of rotatable bonds is 5. The summed E-state index contributed by atoms with van der Waals surface area (Å²) in [6, 6.07) is 6.77. The second-order valence-electron chi connectivity index (χ2n) is 10.4. The summed E-state index contributed by atoms with van der Waals surface area (Å²) >= 11 is 0. The minimum absolute atomic E-state index is 0.180. The summed E-state index contributed by atoms with van der Waals surface area (Å²) in [6.45, 7) is 15.5. The molecule has 0 bridgehead atoms. The third-order valence-electron chi connectivity index (χ3n) is 5.65. The number of aromatic nitrogens is 2. The van der Waals surface area contributed by atoms with E-state index < -0.39 is 10.0 Å². The van der Waals surface area contributed by atoms with Crippen molar-refractivity contribution in [2.24, 2.45) is 0 Å². The van der Waals surface area contributed by atoms with E-state index in [0.717, 1.165) is 5.69 Å². The predicted octanol–water partition coefficient (Wildman–Crippen LogP) is 3.77. The summed E-state index contributed by atoms with van der Waals surface area (Å²) in [7, 11) is -3.72. The van der Waals surface area contributed by atoms with Gasteiger partial charge in [-0.05, 0) is 44.9 Å². The Morgan fingerprint density at radius 3 is 2.27 bits per heavy atom. The van der Waals surface area contributed by atoms with Crippen LogP contribution in [0.5, 0.6) is 0 Å². The van der Waals surface area contributed by atoms with Crippen molar-refractivity contribution < 1.29 is 17.9 Å². The molecular formula is C24H36N4O4S. The van der Waals surface area contributed by atoms with E-state index in [9.17, 15) is 13.2 Å². The van der Waals surface area contributed by atoms with E-state index in [1.807, 2.05) is 33.8 Å². The van der Waals surface area contributed by atoms with E-state index in [1.54, 1.807) is 16.8 Å². The molecule has 2 aromatic rings. The molecule has 1 aliphatic rings. The number of benzene rings is 1. The first-order valence-electron chi connectivity index (χ1n) is 11.4. The highest BCUT2D eigenvalue weighted by atomic mass is 32.2. The second kappa shape index (κ2) is 9.19. The number of amides is 1. The van der Waals surface area contributed by atoms with Gasteiger partial charge in [0, 0.05) is 30.1 Å². The summed E-state index contributed by atoms with van der Waals surface area (Å²) in [5.74, 6) is 0.205. The van der Waals surface area contributed by atoms with Crippen LogP contribution in [0.15, 0.2) is 29.2 Å². The molecule has 33 heavy (non-hydrogen) atoms. The zero-order chi connectivity index (χ0) is 24.6. The maximum absolute atomic E-state index is 13.3. The molecule has 1 aromatic heterocycles. The molecule has 1 fully saturated rings. The Morgan fingerprint density at radius 2 is 1.73 bits per heavy atom. The van der Waals surface area contributed by atoms with E-state index in [4.69, 9.17) is 9.84 Å². The van der Waals surface area contributed by atoms with Crippen LogP contribution >= 0.6 is 0 Å². The van der Waals surface area contributed by atoms with Crippen molar-refractivity contribution >= 4 is 21.7 Å². The average Bonchev–Trinajstić information content (AvgIpc) is 3.19. The van der Waals surface area contributed by atoms with Gasteiger partial charge < -0.3 is 10.1 Å². The Labute approximate surface area is 197 Å².